The number of benzene rings is 2. The summed E-state index contributed by atoms with van der Waals surface area (Å²) >= 11 is 0. The molecule has 0 saturated carbocycles. The van der Waals surface area contributed by atoms with Crippen LogP contribution in [0.2, 0.25) is 0 Å². The van der Waals surface area contributed by atoms with Crippen molar-refractivity contribution in [1.82, 2.24) is 9.21 Å². The van der Waals surface area contributed by atoms with Crippen molar-refractivity contribution in [3.8, 4) is 0 Å². The SMILES string of the molecule is Cc1cccc(CS(=O)(=O)N2CCN(CCC(=O)c3ccccc3)CC2)c1. The number of Topliss-reactive ketones (excluding diaryl/α,β-unsaturated/α-hetero) is 1. The second-order valence-corrected chi connectivity index (χ2v) is 8.99. The fourth-order valence-electron chi connectivity index (χ4n) is 3.36. The average Bonchev–Trinajstić information content (AvgIpc) is 2.67. The first-order chi connectivity index (χ1) is 12.9. The largest absolute Gasteiger partial charge is 0.300 e. The van der Waals surface area contributed by atoms with E-state index in [0.29, 0.717) is 39.1 Å². The van der Waals surface area contributed by atoms with Crippen LogP contribution in [0.15, 0.2) is 54.6 Å². The van der Waals surface area contributed by atoms with E-state index in [4.69, 9.17) is 0 Å². The highest BCUT2D eigenvalue weighted by Crippen LogP contribution is 2.15. The van der Waals surface area contributed by atoms with E-state index in [1.54, 1.807) is 4.31 Å². The van der Waals surface area contributed by atoms with Gasteiger partial charge in [0.05, 0.1) is 5.75 Å². The van der Waals surface area contributed by atoms with Crippen molar-refractivity contribution >= 4 is 15.8 Å². The molecule has 0 amide bonds. The lowest BCUT2D eigenvalue weighted by atomic mass is 10.1. The molecule has 1 saturated heterocycles. The summed E-state index contributed by atoms with van der Waals surface area (Å²) in [6.45, 7) is 4.91. The molecule has 1 aliphatic heterocycles. The summed E-state index contributed by atoms with van der Waals surface area (Å²) in [4.78, 5) is 14.4. The van der Waals surface area contributed by atoms with Gasteiger partial charge < -0.3 is 4.90 Å². The van der Waals surface area contributed by atoms with Gasteiger partial charge >= 0.3 is 0 Å². The van der Waals surface area contributed by atoms with Crippen LogP contribution in [-0.4, -0.2) is 56.1 Å². The van der Waals surface area contributed by atoms with Crippen molar-refractivity contribution in [1.29, 1.82) is 0 Å². The number of hydrogen-bond donors (Lipinski definition) is 0. The highest BCUT2D eigenvalue weighted by atomic mass is 32.2. The predicted octanol–water partition coefficient (Wildman–Crippen LogP) is 2.72. The molecule has 0 spiro atoms. The van der Waals surface area contributed by atoms with Crippen molar-refractivity contribution in [3.63, 3.8) is 0 Å². The molecule has 3 rings (SSSR count). The standard InChI is InChI=1S/C21H26N2O3S/c1-18-6-5-7-19(16-18)17-27(25,26)23-14-12-22(13-15-23)11-10-21(24)20-8-3-2-4-9-20/h2-9,16H,10-15,17H2,1H3. The van der Waals surface area contributed by atoms with E-state index in [1.807, 2.05) is 61.5 Å². The van der Waals surface area contributed by atoms with Crippen LogP contribution in [0.3, 0.4) is 0 Å². The van der Waals surface area contributed by atoms with Crippen molar-refractivity contribution in [2.24, 2.45) is 0 Å². The predicted molar refractivity (Wildman–Crippen MR) is 107 cm³/mol. The Bertz CT molecular complexity index is 873. The molecule has 2 aromatic rings. The highest BCUT2D eigenvalue weighted by Gasteiger charge is 2.27. The van der Waals surface area contributed by atoms with Gasteiger partial charge in [-0.2, -0.15) is 4.31 Å². The Morgan fingerprint density at radius 3 is 2.33 bits per heavy atom. The van der Waals surface area contributed by atoms with Gasteiger partial charge in [-0.15, -0.1) is 0 Å². The minimum absolute atomic E-state index is 0.0428. The molecule has 1 fully saturated rings. The molecular weight excluding hydrogens is 360 g/mol. The van der Waals surface area contributed by atoms with Crippen molar-refractivity contribution in [2.45, 2.75) is 19.1 Å². The molecule has 6 heteroatoms. The van der Waals surface area contributed by atoms with E-state index >= 15 is 0 Å². The Balaban J connectivity index is 1.49. The lowest BCUT2D eigenvalue weighted by Gasteiger charge is -2.33. The maximum atomic E-state index is 12.7. The van der Waals surface area contributed by atoms with Crippen LogP contribution in [0, 0.1) is 6.92 Å². The smallest absolute Gasteiger partial charge is 0.218 e. The zero-order valence-corrected chi connectivity index (χ0v) is 16.5. The van der Waals surface area contributed by atoms with Gasteiger partial charge in [0.15, 0.2) is 5.78 Å². The van der Waals surface area contributed by atoms with Gasteiger partial charge in [-0.05, 0) is 12.5 Å². The Morgan fingerprint density at radius 2 is 1.67 bits per heavy atom. The molecule has 0 radical (unpaired) electrons. The number of carbonyl (C=O) groups is 1. The maximum absolute atomic E-state index is 12.7. The third kappa shape index (κ3) is 5.48. The molecule has 0 unspecified atom stereocenters. The monoisotopic (exact) mass is 386 g/mol. The quantitative estimate of drug-likeness (QED) is 0.687. The number of nitrogens with zero attached hydrogens (tertiary/aromatic N) is 2. The van der Waals surface area contributed by atoms with Crippen LogP contribution < -0.4 is 0 Å². The van der Waals surface area contributed by atoms with E-state index < -0.39 is 10.0 Å². The number of ketones is 1. The van der Waals surface area contributed by atoms with E-state index in [9.17, 15) is 13.2 Å². The van der Waals surface area contributed by atoms with E-state index in [0.717, 1.165) is 16.7 Å². The Labute approximate surface area is 161 Å². The van der Waals surface area contributed by atoms with E-state index in [-0.39, 0.29) is 11.5 Å². The molecular formula is C21H26N2O3S. The summed E-state index contributed by atoms with van der Waals surface area (Å²) in [5, 5.41) is 0. The van der Waals surface area contributed by atoms with Crippen LogP contribution in [0.25, 0.3) is 0 Å². The third-order valence-corrected chi connectivity index (χ3v) is 6.76. The number of carbonyl (C=O) groups excluding carboxylic acids is 1. The summed E-state index contributed by atoms with van der Waals surface area (Å²) in [5.41, 5.74) is 2.62. The summed E-state index contributed by atoms with van der Waals surface area (Å²) in [6, 6.07) is 16.9. The summed E-state index contributed by atoms with van der Waals surface area (Å²) in [6.07, 6.45) is 0.458. The Morgan fingerprint density at radius 1 is 0.963 bits per heavy atom. The Kier molecular flexibility index (Phi) is 6.42. The molecule has 144 valence electrons. The molecule has 1 heterocycles. The minimum atomic E-state index is -3.31. The van der Waals surface area contributed by atoms with Gasteiger partial charge in [0, 0.05) is 44.7 Å². The molecule has 1 aliphatic rings. The first-order valence-electron chi connectivity index (χ1n) is 9.28. The van der Waals surface area contributed by atoms with Gasteiger partial charge in [-0.1, -0.05) is 60.2 Å². The van der Waals surface area contributed by atoms with Crippen LogP contribution in [0.4, 0.5) is 0 Å². The summed E-state index contributed by atoms with van der Waals surface area (Å²) in [7, 11) is -3.31. The fraction of sp³-hybridized carbons (Fsp3) is 0.381. The highest BCUT2D eigenvalue weighted by molar-refractivity contribution is 7.88. The molecule has 27 heavy (non-hydrogen) atoms. The van der Waals surface area contributed by atoms with Crippen molar-refractivity contribution < 1.29 is 13.2 Å². The molecule has 0 aromatic heterocycles. The summed E-state index contributed by atoms with van der Waals surface area (Å²) < 4.78 is 26.9. The third-order valence-electron chi connectivity index (χ3n) is 4.91. The second-order valence-electron chi connectivity index (χ2n) is 7.03. The number of sulfonamides is 1. The zero-order chi connectivity index (χ0) is 19.3. The molecule has 0 N–H and O–H groups in total. The number of hydrogen-bond acceptors (Lipinski definition) is 4. The van der Waals surface area contributed by atoms with Gasteiger partial charge in [0.2, 0.25) is 10.0 Å². The summed E-state index contributed by atoms with van der Waals surface area (Å²) in [5.74, 6) is 0.173. The number of aryl methyl sites for hydroxylation is 1. The fourth-order valence-corrected chi connectivity index (χ4v) is 4.87. The lowest BCUT2D eigenvalue weighted by Crippen LogP contribution is -2.49. The zero-order valence-electron chi connectivity index (χ0n) is 15.7. The second kappa shape index (κ2) is 8.78. The van der Waals surface area contributed by atoms with Gasteiger partial charge in [-0.25, -0.2) is 8.42 Å². The minimum Gasteiger partial charge on any atom is -0.300 e. The number of rotatable bonds is 7. The molecule has 0 aliphatic carbocycles. The molecule has 0 bridgehead atoms. The first kappa shape index (κ1) is 19.7. The van der Waals surface area contributed by atoms with Crippen LogP contribution >= 0.6 is 0 Å². The van der Waals surface area contributed by atoms with Crippen molar-refractivity contribution in [3.05, 3.63) is 71.3 Å². The average molecular weight is 387 g/mol. The van der Waals surface area contributed by atoms with E-state index in [2.05, 4.69) is 4.90 Å². The molecule has 2 aromatic carbocycles. The first-order valence-corrected chi connectivity index (χ1v) is 10.9. The van der Waals surface area contributed by atoms with Gasteiger partial charge in [-0.3, -0.25) is 4.79 Å². The van der Waals surface area contributed by atoms with Crippen LogP contribution in [-0.2, 0) is 15.8 Å². The normalized spacial score (nSPS) is 16.3. The Hall–Kier alpha value is -2.02. The van der Waals surface area contributed by atoms with Gasteiger partial charge in [0.25, 0.3) is 0 Å². The van der Waals surface area contributed by atoms with Crippen LogP contribution in [0.1, 0.15) is 27.9 Å². The van der Waals surface area contributed by atoms with E-state index in [1.165, 1.54) is 0 Å². The molecule has 0 atom stereocenters. The van der Waals surface area contributed by atoms with Crippen LogP contribution in [0.5, 0.6) is 0 Å². The number of piperazine rings is 1. The molecule has 5 nitrogen and oxygen atoms in total. The maximum Gasteiger partial charge on any atom is 0.218 e. The van der Waals surface area contributed by atoms with Gasteiger partial charge in [0.1, 0.15) is 0 Å². The topological polar surface area (TPSA) is 57.7 Å². The lowest BCUT2D eigenvalue weighted by molar-refractivity contribution is 0.0952. The van der Waals surface area contributed by atoms with Crippen molar-refractivity contribution in [2.75, 3.05) is 32.7 Å².